The Labute approximate surface area is 96.2 Å². The SMILES string of the molecule is Cn1ccc(CC(=O)CC2=CCCCC2)n1. The molecule has 0 bridgehead atoms. The topological polar surface area (TPSA) is 34.9 Å². The number of aryl methyl sites for hydroxylation is 1. The number of ketones is 1. The predicted octanol–water partition coefficient (Wildman–Crippen LogP) is 2.42. The molecule has 0 aromatic carbocycles. The van der Waals surface area contributed by atoms with Crippen molar-refractivity contribution in [2.45, 2.75) is 38.5 Å². The summed E-state index contributed by atoms with van der Waals surface area (Å²) < 4.78 is 1.74. The molecule has 0 saturated heterocycles. The monoisotopic (exact) mass is 218 g/mol. The lowest BCUT2D eigenvalue weighted by molar-refractivity contribution is -0.117. The molecule has 0 saturated carbocycles. The summed E-state index contributed by atoms with van der Waals surface area (Å²) in [6.07, 6.45) is 9.97. The largest absolute Gasteiger partial charge is 0.299 e. The van der Waals surface area contributed by atoms with Gasteiger partial charge in [-0.05, 0) is 31.7 Å². The van der Waals surface area contributed by atoms with Crippen molar-refractivity contribution in [3.63, 3.8) is 0 Å². The summed E-state index contributed by atoms with van der Waals surface area (Å²) in [5, 5.41) is 4.22. The molecule has 0 spiro atoms. The predicted molar refractivity (Wildman–Crippen MR) is 63.1 cm³/mol. The van der Waals surface area contributed by atoms with Gasteiger partial charge in [0.15, 0.2) is 0 Å². The van der Waals surface area contributed by atoms with E-state index in [0.29, 0.717) is 12.8 Å². The molecule has 2 rings (SSSR count). The second-order valence-electron chi connectivity index (χ2n) is 4.48. The Balaban J connectivity index is 1.86. The third-order valence-electron chi connectivity index (χ3n) is 2.96. The van der Waals surface area contributed by atoms with Crippen LogP contribution in [0.25, 0.3) is 0 Å². The fraction of sp³-hybridized carbons (Fsp3) is 0.538. The molecule has 86 valence electrons. The first kappa shape index (κ1) is 11.1. The number of rotatable bonds is 4. The number of hydrogen-bond acceptors (Lipinski definition) is 2. The van der Waals surface area contributed by atoms with Crippen LogP contribution in [0.15, 0.2) is 23.9 Å². The Morgan fingerprint density at radius 3 is 2.94 bits per heavy atom. The molecular formula is C13H18N2O. The second-order valence-corrected chi connectivity index (χ2v) is 4.48. The normalized spacial score (nSPS) is 15.9. The van der Waals surface area contributed by atoms with Crippen LogP contribution in [0.2, 0.25) is 0 Å². The first-order chi connectivity index (χ1) is 7.74. The molecule has 3 heteroatoms. The van der Waals surface area contributed by atoms with Crippen molar-refractivity contribution in [2.24, 2.45) is 7.05 Å². The van der Waals surface area contributed by atoms with Crippen molar-refractivity contribution in [1.29, 1.82) is 0 Å². The summed E-state index contributed by atoms with van der Waals surface area (Å²) in [6, 6.07) is 1.91. The molecule has 0 N–H and O–H groups in total. The average Bonchev–Trinajstić information content (AvgIpc) is 2.65. The number of hydrogen-bond donors (Lipinski definition) is 0. The number of aromatic nitrogens is 2. The number of Topliss-reactive ketones (excluding diaryl/α,β-unsaturated/α-hetero) is 1. The highest BCUT2D eigenvalue weighted by molar-refractivity contribution is 5.82. The summed E-state index contributed by atoms with van der Waals surface area (Å²) in [5.74, 6) is 0.284. The van der Waals surface area contributed by atoms with Gasteiger partial charge in [-0.1, -0.05) is 11.6 Å². The second kappa shape index (κ2) is 5.10. The van der Waals surface area contributed by atoms with Crippen LogP contribution in [0.1, 0.15) is 37.8 Å². The first-order valence-corrected chi connectivity index (χ1v) is 5.92. The number of nitrogens with zero attached hydrogens (tertiary/aromatic N) is 2. The Hall–Kier alpha value is -1.38. The van der Waals surface area contributed by atoms with Crippen molar-refractivity contribution in [3.05, 3.63) is 29.6 Å². The zero-order chi connectivity index (χ0) is 11.4. The van der Waals surface area contributed by atoms with Crippen LogP contribution < -0.4 is 0 Å². The summed E-state index contributed by atoms with van der Waals surface area (Å²) >= 11 is 0. The number of allylic oxidation sites excluding steroid dienone is 2. The smallest absolute Gasteiger partial charge is 0.142 e. The highest BCUT2D eigenvalue weighted by Crippen LogP contribution is 2.20. The van der Waals surface area contributed by atoms with E-state index in [1.165, 1.54) is 18.4 Å². The van der Waals surface area contributed by atoms with E-state index in [2.05, 4.69) is 11.2 Å². The zero-order valence-electron chi connectivity index (χ0n) is 9.78. The zero-order valence-corrected chi connectivity index (χ0v) is 9.78. The van der Waals surface area contributed by atoms with Gasteiger partial charge < -0.3 is 0 Å². The maximum Gasteiger partial charge on any atom is 0.142 e. The van der Waals surface area contributed by atoms with Crippen LogP contribution in [0.3, 0.4) is 0 Å². The van der Waals surface area contributed by atoms with Gasteiger partial charge in [-0.3, -0.25) is 9.48 Å². The first-order valence-electron chi connectivity index (χ1n) is 5.92. The van der Waals surface area contributed by atoms with Gasteiger partial charge in [-0.15, -0.1) is 0 Å². The van der Waals surface area contributed by atoms with E-state index in [-0.39, 0.29) is 5.78 Å². The Bertz CT molecular complexity index is 404. The van der Waals surface area contributed by atoms with Crippen LogP contribution in [-0.4, -0.2) is 15.6 Å². The molecule has 1 heterocycles. The maximum atomic E-state index is 11.8. The molecule has 0 atom stereocenters. The van der Waals surface area contributed by atoms with E-state index in [1.807, 2.05) is 19.3 Å². The van der Waals surface area contributed by atoms with Gasteiger partial charge in [-0.2, -0.15) is 5.10 Å². The van der Waals surface area contributed by atoms with Crippen molar-refractivity contribution >= 4 is 5.78 Å². The molecule has 16 heavy (non-hydrogen) atoms. The van der Waals surface area contributed by atoms with Gasteiger partial charge in [0.2, 0.25) is 0 Å². The minimum absolute atomic E-state index is 0.284. The quantitative estimate of drug-likeness (QED) is 0.727. The van der Waals surface area contributed by atoms with Crippen molar-refractivity contribution in [2.75, 3.05) is 0 Å². The van der Waals surface area contributed by atoms with Crippen LogP contribution >= 0.6 is 0 Å². The molecular weight excluding hydrogens is 200 g/mol. The van der Waals surface area contributed by atoms with Gasteiger partial charge in [0.1, 0.15) is 5.78 Å². The minimum atomic E-state index is 0.284. The van der Waals surface area contributed by atoms with Gasteiger partial charge in [-0.25, -0.2) is 0 Å². The van der Waals surface area contributed by atoms with E-state index in [4.69, 9.17) is 0 Å². The van der Waals surface area contributed by atoms with Crippen LogP contribution in [0, 0.1) is 0 Å². The standard InChI is InChI=1S/C13H18N2O/c1-15-8-7-12(14-15)10-13(16)9-11-5-3-2-4-6-11/h5,7-8H,2-4,6,9-10H2,1H3. The molecule has 0 unspecified atom stereocenters. The van der Waals surface area contributed by atoms with Gasteiger partial charge in [0.05, 0.1) is 12.1 Å². The number of carbonyl (C=O) groups is 1. The van der Waals surface area contributed by atoms with E-state index in [9.17, 15) is 4.79 Å². The fourth-order valence-corrected chi connectivity index (χ4v) is 2.14. The van der Waals surface area contributed by atoms with E-state index in [0.717, 1.165) is 18.5 Å². The number of carbonyl (C=O) groups excluding carboxylic acids is 1. The summed E-state index contributed by atoms with van der Waals surface area (Å²) in [6.45, 7) is 0. The Kier molecular flexibility index (Phi) is 3.54. The third kappa shape index (κ3) is 3.05. The molecule has 3 nitrogen and oxygen atoms in total. The van der Waals surface area contributed by atoms with Crippen molar-refractivity contribution in [3.8, 4) is 0 Å². The van der Waals surface area contributed by atoms with Crippen LogP contribution in [0.5, 0.6) is 0 Å². The molecule has 0 fully saturated rings. The molecule has 1 aliphatic carbocycles. The highest BCUT2D eigenvalue weighted by atomic mass is 16.1. The van der Waals surface area contributed by atoms with Crippen molar-refractivity contribution < 1.29 is 4.79 Å². The van der Waals surface area contributed by atoms with Gasteiger partial charge in [0, 0.05) is 19.7 Å². The van der Waals surface area contributed by atoms with Gasteiger partial charge >= 0.3 is 0 Å². The highest BCUT2D eigenvalue weighted by Gasteiger charge is 2.10. The fourth-order valence-electron chi connectivity index (χ4n) is 2.14. The summed E-state index contributed by atoms with van der Waals surface area (Å²) in [4.78, 5) is 11.8. The lowest BCUT2D eigenvalue weighted by Crippen LogP contribution is -2.06. The molecule has 1 aromatic rings. The van der Waals surface area contributed by atoms with E-state index < -0.39 is 0 Å². The van der Waals surface area contributed by atoms with E-state index >= 15 is 0 Å². The van der Waals surface area contributed by atoms with E-state index in [1.54, 1.807) is 4.68 Å². The Morgan fingerprint density at radius 2 is 2.31 bits per heavy atom. The third-order valence-corrected chi connectivity index (χ3v) is 2.96. The summed E-state index contributed by atoms with van der Waals surface area (Å²) in [7, 11) is 1.87. The molecule has 0 amide bonds. The molecule has 0 radical (unpaired) electrons. The van der Waals surface area contributed by atoms with Crippen LogP contribution in [0.4, 0.5) is 0 Å². The maximum absolute atomic E-state index is 11.8. The average molecular weight is 218 g/mol. The minimum Gasteiger partial charge on any atom is -0.299 e. The molecule has 1 aliphatic rings. The molecule has 0 aliphatic heterocycles. The summed E-state index contributed by atoms with van der Waals surface area (Å²) in [5.41, 5.74) is 2.20. The lowest BCUT2D eigenvalue weighted by atomic mass is 9.95. The Morgan fingerprint density at radius 1 is 1.44 bits per heavy atom. The van der Waals surface area contributed by atoms with Gasteiger partial charge in [0.25, 0.3) is 0 Å². The van der Waals surface area contributed by atoms with Crippen LogP contribution in [-0.2, 0) is 18.3 Å². The van der Waals surface area contributed by atoms with Crippen molar-refractivity contribution in [1.82, 2.24) is 9.78 Å². The molecule has 1 aromatic heterocycles. The lowest BCUT2D eigenvalue weighted by Gasteiger charge is -2.11.